The smallest absolute Gasteiger partial charge is 0.253 e. The fraction of sp³-hybridized carbons (Fsp3) is 0.0714. The molecule has 0 aliphatic carbocycles. The fourth-order valence-electron chi connectivity index (χ4n) is 2.13. The van der Waals surface area contributed by atoms with E-state index in [1.54, 1.807) is 42.3 Å². The Kier molecular flexibility index (Phi) is 3.12. The van der Waals surface area contributed by atoms with Crippen LogP contribution in [0.1, 0.15) is 10.4 Å². The molecule has 0 aliphatic heterocycles. The summed E-state index contributed by atoms with van der Waals surface area (Å²) >= 11 is 6.23. The summed E-state index contributed by atoms with van der Waals surface area (Å²) in [5.41, 5.74) is 1.29. The summed E-state index contributed by atoms with van der Waals surface area (Å²) in [6.45, 7) is 0. The zero-order valence-corrected chi connectivity index (χ0v) is 11.4. The summed E-state index contributed by atoms with van der Waals surface area (Å²) in [4.78, 5) is 20.4. The van der Waals surface area contributed by atoms with E-state index in [-0.39, 0.29) is 5.91 Å². The zero-order chi connectivity index (χ0) is 14.1. The number of hydrogen-bond acceptors (Lipinski definition) is 3. The van der Waals surface area contributed by atoms with Gasteiger partial charge in [0.1, 0.15) is 0 Å². The molecule has 100 valence electrons. The molecule has 6 heteroatoms. The van der Waals surface area contributed by atoms with Crippen molar-refractivity contribution < 1.29 is 4.79 Å². The SMILES string of the molecule is CNC(=O)c1cn(-c2ncccn2)c2cccc(Cl)c12. The van der Waals surface area contributed by atoms with Gasteiger partial charge in [0, 0.05) is 31.0 Å². The highest BCUT2D eigenvalue weighted by atomic mass is 35.5. The van der Waals surface area contributed by atoms with E-state index in [4.69, 9.17) is 11.6 Å². The standard InChI is InChI=1S/C14H11ClN4O/c1-16-13(20)9-8-19(14-17-6-3-7-18-14)11-5-2-4-10(15)12(9)11/h2-8H,1H3,(H,16,20). The number of benzene rings is 1. The maximum absolute atomic E-state index is 12.0. The van der Waals surface area contributed by atoms with Gasteiger partial charge in [0.2, 0.25) is 5.95 Å². The van der Waals surface area contributed by atoms with E-state index in [2.05, 4.69) is 15.3 Å². The molecule has 0 bridgehead atoms. The average molecular weight is 287 g/mol. The van der Waals surface area contributed by atoms with Crippen LogP contribution in [0.2, 0.25) is 5.02 Å². The van der Waals surface area contributed by atoms with Crippen LogP contribution in [0.15, 0.2) is 42.9 Å². The van der Waals surface area contributed by atoms with Crippen LogP contribution in [0.3, 0.4) is 0 Å². The monoisotopic (exact) mass is 286 g/mol. The molecule has 5 nitrogen and oxygen atoms in total. The van der Waals surface area contributed by atoms with Crippen LogP contribution in [0, 0.1) is 0 Å². The molecule has 0 spiro atoms. The van der Waals surface area contributed by atoms with E-state index >= 15 is 0 Å². The van der Waals surface area contributed by atoms with E-state index in [9.17, 15) is 4.79 Å². The average Bonchev–Trinajstić information content (AvgIpc) is 2.88. The van der Waals surface area contributed by atoms with Crippen molar-refractivity contribution in [1.82, 2.24) is 19.9 Å². The molecule has 0 saturated heterocycles. The first kappa shape index (κ1) is 12.6. The van der Waals surface area contributed by atoms with Gasteiger partial charge in [-0.2, -0.15) is 0 Å². The highest BCUT2D eigenvalue weighted by Crippen LogP contribution is 2.29. The minimum atomic E-state index is -0.196. The molecule has 2 aromatic heterocycles. The lowest BCUT2D eigenvalue weighted by molar-refractivity contribution is 0.0964. The Hall–Kier alpha value is -2.40. The number of nitrogens with zero attached hydrogens (tertiary/aromatic N) is 3. The van der Waals surface area contributed by atoms with Gasteiger partial charge in [-0.1, -0.05) is 17.7 Å². The molecule has 0 atom stereocenters. The quantitative estimate of drug-likeness (QED) is 0.787. The fourth-order valence-corrected chi connectivity index (χ4v) is 2.40. The van der Waals surface area contributed by atoms with Crippen LogP contribution in [0.5, 0.6) is 0 Å². The molecule has 1 amide bonds. The highest BCUT2D eigenvalue weighted by Gasteiger charge is 2.17. The van der Waals surface area contributed by atoms with E-state index < -0.39 is 0 Å². The van der Waals surface area contributed by atoms with Gasteiger partial charge < -0.3 is 5.32 Å². The van der Waals surface area contributed by atoms with E-state index in [0.717, 1.165) is 5.52 Å². The van der Waals surface area contributed by atoms with Crippen molar-refractivity contribution in [2.45, 2.75) is 0 Å². The van der Waals surface area contributed by atoms with Crippen molar-refractivity contribution in [2.75, 3.05) is 7.05 Å². The zero-order valence-electron chi connectivity index (χ0n) is 10.7. The normalized spacial score (nSPS) is 10.7. The summed E-state index contributed by atoms with van der Waals surface area (Å²) in [6, 6.07) is 7.20. The molecule has 0 radical (unpaired) electrons. The second-order valence-electron chi connectivity index (χ2n) is 4.17. The van der Waals surface area contributed by atoms with E-state index in [1.165, 1.54) is 0 Å². The molecule has 0 fully saturated rings. The number of carbonyl (C=O) groups excluding carboxylic acids is 1. The van der Waals surface area contributed by atoms with Crippen LogP contribution >= 0.6 is 11.6 Å². The van der Waals surface area contributed by atoms with Crippen molar-refractivity contribution in [2.24, 2.45) is 0 Å². The van der Waals surface area contributed by atoms with Crippen LogP contribution in [-0.4, -0.2) is 27.5 Å². The lowest BCUT2D eigenvalue weighted by atomic mass is 10.1. The Morgan fingerprint density at radius 1 is 1.25 bits per heavy atom. The first-order valence-corrected chi connectivity index (χ1v) is 6.39. The molecule has 1 N–H and O–H groups in total. The summed E-state index contributed by atoms with van der Waals surface area (Å²) in [7, 11) is 1.58. The Morgan fingerprint density at radius 3 is 2.70 bits per heavy atom. The second kappa shape index (κ2) is 4.94. The topological polar surface area (TPSA) is 59.8 Å². The number of amides is 1. The predicted octanol–water partition coefficient (Wildman–Crippen LogP) is 2.43. The number of fused-ring (bicyclic) bond motifs is 1. The van der Waals surface area contributed by atoms with Gasteiger partial charge in [-0.15, -0.1) is 0 Å². The Morgan fingerprint density at radius 2 is 2.00 bits per heavy atom. The molecule has 3 rings (SSSR count). The number of nitrogens with one attached hydrogen (secondary N) is 1. The third-order valence-electron chi connectivity index (χ3n) is 3.02. The van der Waals surface area contributed by atoms with Gasteiger partial charge in [0.05, 0.1) is 16.1 Å². The maximum atomic E-state index is 12.0. The van der Waals surface area contributed by atoms with Crippen molar-refractivity contribution in [3.63, 3.8) is 0 Å². The number of hydrogen-bond donors (Lipinski definition) is 1. The molecule has 1 aromatic carbocycles. The van der Waals surface area contributed by atoms with Crippen molar-refractivity contribution in [3.8, 4) is 5.95 Å². The van der Waals surface area contributed by atoms with Gasteiger partial charge >= 0.3 is 0 Å². The molecular formula is C14H11ClN4O. The molecule has 20 heavy (non-hydrogen) atoms. The van der Waals surface area contributed by atoms with Crippen LogP contribution in [0.4, 0.5) is 0 Å². The summed E-state index contributed by atoms with van der Waals surface area (Å²) in [6.07, 6.45) is 5.00. The van der Waals surface area contributed by atoms with Gasteiger partial charge in [0.15, 0.2) is 0 Å². The van der Waals surface area contributed by atoms with Crippen molar-refractivity contribution in [1.29, 1.82) is 0 Å². The molecule has 2 heterocycles. The molecule has 0 saturated carbocycles. The van der Waals surface area contributed by atoms with Gasteiger partial charge in [0.25, 0.3) is 5.91 Å². The molecule has 0 aliphatic rings. The summed E-state index contributed by atoms with van der Waals surface area (Å²) in [5, 5.41) is 3.83. The van der Waals surface area contributed by atoms with Crippen LogP contribution in [-0.2, 0) is 0 Å². The number of rotatable bonds is 2. The number of halogens is 1. The van der Waals surface area contributed by atoms with Crippen LogP contribution in [0.25, 0.3) is 16.9 Å². The third-order valence-corrected chi connectivity index (χ3v) is 3.33. The van der Waals surface area contributed by atoms with Crippen LogP contribution < -0.4 is 5.32 Å². The molecule has 0 unspecified atom stereocenters. The van der Waals surface area contributed by atoms with Gasteiger partial charge in [-0.25, -0.2) is 9.97 Å². The van der Waals surface area contributed by atoms with Gasteiger partial charge in [-0.05, 0) is 18.2 Å². The first-order chi connectivity index (χ1) is 9.72. The third kappa shape index (κ3) is 1.92. The number of carbonyl (C=O) groups is 1. The maximum Gasteiger partial charge on any atom is 0.253 e. The number of aromatic nitrogens is 3. The Labute approximate surface area is 120 Å². The van der Waals surface area contributed by atoms with Gasteiger partial charge in [-0.3, -0.25) is 9.36 Å². The minimum absolute atomic E-state index is 0.196. The molecular weight excluding hydrogens is 276 g/mol. The summed E-state index contributed by atoms with van der Waals surface area (Å²) < 4.78 is 1.76. The Bertz CT molecular complexity index is 782. The van der Waals surface area contributed by atoms with E-state index in [0.29, 0.717) is 21.9 Å². The lowest BCUT2D eigenvalue weighted by Gasteiger charge is -2.02. The largest absolute Gasteiger partial charge is 0.355 e. The van der Waals surface area contributed by atoms with Crippen molar-refractivity contribution in [3.05, 3.63) is 53.4 Å². The minimum Gasteiger partial charge on any atom is -0.355 e. The second-order valence-corrected chi connectivity index (χ2v) is 4.58. The summed E-state index contributed by atoms with van der Waals surface area (Å²) in [5.74, 6) is 0.299. The van der Waals surface area contributed by atoms with Crippen molar-refractivity contribution >= 4 is 28.4 Å². The predicted molar refractivity (Wildman–Crippen MR) is 77.3 cm³/mol. The Balaban J connectivity index is 2.35. The van der Waals surface area contributed by atoms with E-state index in [1.807, 2.05) is 12.1 Å². The highest BCUT2D eigenvalue weighted by molar-refractivity contribution is 6.36. The first-order valence-electron chi connectivity index (χ1n) is 6.01. The molecule has 3 aromatic rings. The lowest BCUT2D eigenvalue weighted by Crippen LogP contribution is -2.17.